The molecule has 0 saturated carbocycles. The molecule has 110 valence electrons. The molecule has 0 fully saturated rings. The lowest BCUT2D eigenvalue weighted by Crippen LogP contribution is -2.31. The summed E-state index contributed by atoms with van der Waals surface area (Å²) in [5.41, 5.74) is 9.85. The lowest BCUT2D eigenvalue weighted by atomic mass is 10.1. The Hall–Kier alpha value is -2.29. The molecule has 1 amide bonds. The van der Waals surface area contributed by atoms with Crippen LogP contribution in [0.4, 0.5) is 5.69 Å². The molecule has 0 spiro atoms. The number of anilines is 1. The van der Waals surface area contributed by atoms with Gasteiger partial charge in [-0.05, 0) is 31.0 Å². The number of hydrogen-bond acceptors (Lipinski definition) is 2. The van der Waals surface area contributed by atoms with E-state index < -0.39 is 0 Å². The minimum Gasteiger partial charge on any atom is -0.398 e. The van der Waals surface area contributed by atoms with Gasteiger partial charge in [0.15, 0.2) is 0 Å². The quantitative estimate of drug-likeness (QED) is 0.856. The van der Waals surface area contributed by atoms with Crippen LogP contribution in [0.3, 0.4) is 0 Å². The highest BCUT2D eigenvalue weighted by molar-refractivity contribution is 5.80. The first-order chi connectivity index (χ1) is 10.1. The average molecular weight is 282 g/mol. The average Bonchev–Trinajstić information content (AvgIpc) is 2.47. The largest absolute Gasteiger partial charge is 0.398 e. The maximum atomic E-state index is 12.5. The van der Waals surface area contributed by atoms with Crippen LogP contribution in [0.1, 0.15) is 23.6 Å². The Balaban J connectivity index is 2.07. The first-order valence-corrected chi connectivity index (χ1v) is 7.27. The Morgan fingerprint density at radius 1 is 1.14 bits per heavy atom. The van der Waals surface area contributed by atoms with Crippen LogP contribution in [0.2, 0.25) is 0 Å². The minimum absolute atomic E-state index is 0.108. The predicted octanol–water partition coefficient (Wildman–Crippen LogP) is 3.17. The molecule has 0 aromatic heterocycles. The molecule has 21 heavy (non-hydrogen) atoms. The van der Waals surface area contributed by atoms with E-state index in [-0.39, 0.29) is 5.91 Å². The molecule has 0 heterocycles. The summed E-state index contributed by atoms with van der Waals surface area (Å²) in [4.78, 5) is 14.3. The van der Waals surface area contributed by atoms with E-state index in [9.17, 15) is 4.79 Å². The van der Waals surface area contributed by atoms with E-state index >= 15 is 0 Å². The minimum atomic E-state index is 0.108. The summed E-state index contributed by atoms with van der Waals surface area (Å²) in [6.45, 7) is 5.40. The van der Waals surface area contributed by atoms with E-state index in [0.717, 1.165) is 11.1 Å². The highest BCUT2D eigenvalue weighted by atomic mass is 16.2. The van der Waals surface area contributed by atoms with Crippen LogP contribution in [-0.4, -0.2) is 17.4 Å². The predicted molar refractivity (Wildman–Crippen MR) is 86.8 cm³/mol. The van der Waals surface area contributed by atoms with Crippen molar-refractivity contribution >= 4 is 11.6 Å². The fourth-order valence-corrected chi connectivity index (χ4v) is 2.38. The van der Waals surface area contributed by atoms with E-state index in [1.54, 1.807) is 0 Å². The van der Waals surface area contributed by atoms with Crippen molar-refractivity contribution in [1.29, 1.82) is 0 Å². The molecule has 0 aliphatic heterocycles. The van der Waals surface area contributed by atoms with Crippen LogP contribution in [0, 0.1) is 6.92 Å². The van der Waals surface area contributed by atoms with E-state index in [4.69, 9.17) is 5.73 Å². The van der Waals surface area contributed by atoms with E-state index in [1.807, 2.05) is 42.2 Å². The first kappa shape index (κ1) is 15.1. The molecule has 0 saturated heterocycles. The summed E-state index contributed by atoms with van der Waals surface area (Å²) >= 11 is 0. The fraction of sp³-hybridized carbons (Fsp3) is 0.278. The molecular formula is C18H22N2O. The molecule has 3 heteroatoms. The van der Waals surface area contributed by atoms with Gasteiger partial charge in [0.2, 0.25) is 5.91 Å². The Labute approximate surface area is 126 Å². The van der Waals surface area contributed by atoms with Gasteiger partial charge in [-0.25, -0.2) is 0 Å². The van der Waals surface area contributed by atoms with Crippen molar-refractivity contribution in [3.05, 3.63) is 65.2 Å². The third-order valence-electron chi connectivity index (χ3n) is 3.59. The number of likely N-dealkylation sites (N-methyl/N-ethyl adjacent to an activating group) is 1. The van der Waals surface area contributed by atoms with Crippen molar-refractivity contribution in [2.45, 2.75) is 26.8 Å². The molecule has 2 aromatic carbocycles. The summed E-state index contributed by atoms with van der Waals surface area (Å²) in [5, 5.41) is 0. The van der Waals surface area contributed by atoms with Gasteiger partial charge >= 0.3 is 0 Å². The number of rotatable bonds is 5. The lowest BCUT2D eigenvalue weighted by molar-refractivity contribution is -0.130. The van der Waals surface area contributed by atoms with Gasteiger partial charge in [0.1, 0.15) is 0 Å². The highest BCUT2D eigenvalue weighted by Gasteiger charge is 2.14. The molecule has 0 aliphatic carbocycles. The number of carbonyl (C=O) groups excluding carboxylic acids is 1. The molecule has 0 radical (unpaired) electrons. The summed E-state index contributed by atoms with van der Waals surface area (Å²) in [6, 6.07) is 15.8. The number of amides is 1. The fourth-order valence-electron chi connectivity index (χ4n) is 2.38. The number of hydrogen-bond donors (Lipinski definition) is 1. The van der Waals surface area contributed by atoms with Gasteiger partial charge in [0, 0.05) is 18.8 Å². The second-order valence-corrected chi connectivity index (χ2v) is 5.27. The van der Waals surface area contributed by atoms with Gasteiger partial charge in [0.25, 0.3) is 0 Å². The molecule has 0 atom stereocenters. The molecular weight excluding hydrogens is 260 g/mol. The van der Waals surface area contributed by atoms with Gasteiger partial charge in [0.05, 0.1) is 6.42 Å². The van der Waals surface area contributed by atoms with Gasteiger partial charge in [-0.15, -0.1) is 0 Å². The Morgan fingerprint density at radius 2 is 1.90 bits per heavy atom. The van der Waals surface area contributed by atoms with Crippen LogP contribution >= 0.6 is 0 Å². The Kier molecular flexibility index (Phi) is 4.99. The number of nitrogens with two attached hydrogens (primary N) is 1. The van der Waals surface area contributed by atoms with Crippen molar-refractivity contribution in [3.8, 4) is 0 Å². The SMILES string of the molecule is CCN(Cc1cccc(C)c1)C(=O)Cc1ccccc1N. The maximum Gasteiger partial charge on any atom is 0.227 e. The molecule has 3 nitrogen and oxygen atoms in total. The van der Waals surface area contributed by atoms with Crippen molar-refractivity contribution in [2.24, 2.45) is 0 Å². The summed E-state index contributed by atoms with van der Waals surface area (Å²) in [7, 11) is 0. The van der Waals surface area contributed by atoms with Gasteiger partial charge in [-0.3, -0.25) is 4.79 Å². The zero-order valence-electron chi connectivity index (χ0n) is 12.7. The molecule has 2 rings (SSSR count). The Bertz CT molecular complexity index is 622. The number of nitrogens with zero attached hydrogens (tertiary/aromatic N) is 1. The topological polar surface area (TPSA) is 46.3 Å². The van der Waals surface area contributed by atoms with Crippen molar-refractivity contribution < 1.29 is 4.79 Å². The normalized spacial score (nSPS) is 10.4. The zero-order valence-corrected chi connectivity index (χ0v) is 12.7. The van der Waals surface area contributed by atoms with Gasteiger partial charge in [-0.1, -0.05) is 48.0 Å². The summed E-state index contributed by atoms with van der Waals surface area (Å²) in [6.07, 6.45) is 0.354. The van der Waals surface area contributed by atoms with Gasteiger partial charge in [-0.2, -0.15) is 0 Å². The van der Waals surface area contributed by atoms with Crippen LogP contribution in [0.15, 0.2) is 48.5 Å². The van der Waals surface area contributed by atoms with Crippen LogP contribution in [-0.2, 0) is 17.8 Å². The molecule has 0 unspecified atom stereocenters. The maximum absolute atomic E-state index is 12.5. The van der Waals surface area contributed by atoms with Crippen LogP contribution in [0.25, 0.3) is 0 Å². The lowest BCUT2D eigenvalue weighted by Gasteiger charge is -2.21. The van der Waals surface area contributed by atoms with Crippen molar-refractivity contribution in [2.75, 3.05) is 12.3 Å². The number of benzene rings is 2. The van der Waals surface area contributed by atoms with Crippen molar-refractivity contribution in [1.82, 2.24) is 4.90 Å². The number of para-hydroxylation sites is 1. The highest BCUT2D eigenvalue weighted by Crippen LogP contribution is 2.14. The number of carbonyl (C=O) groups is 1. The second-order valence-electron chi connectivity index (χ2n) is 5.27. The van der Waals surface area contributed by atoms with Crippen LogP contribution < -0.4 is 5.73 Å². The standard InChI is InChI=1S/C18H22N2O/c1-3-20(13-15-8-6-7-14(2)11-15)18(21)12-16-9-4-5-10-17(16)19/h4-11H,3,12-13,19H2,1-2H3. The summed E-state index contributed by atoms with van der Waals surface area (Å²) < 4.78 is 0. The monoisotopic (exact) mass is 282 g/mol. The van der Waals surface area contributed by atoms with E-state index in [2.05, 4.69) is 25.1 Å². The van der Waals surface area contributed by atoms with Crippen LogP contribution in [0.5, 0.6) is 0 Å². The number of aryl methyl sites for hydroxylation is 1. The summed E-state index contributed by atoms with van der Waals surface area (Å²) in [5.74, 6) is 0.108. The first-order valence-electron chi connectivity index (χ1n) is 7.27. The second kappa shape index (κ2) is 6.93. The van der Waals surface area contributed by atoms with Crippen molar-refractivity contribution in [3.63, 3.8) is 0 Å². The van der Waals surface area contributed by atoms with E-state index in [0.29, 0.717) is 25.2 Å². The smallest absolute Gasteiger partial charge is 0.227 e. The number of nitrogen functional groups attached to an aromatic ring is 1. The third-order valence-corrected chi connectivity index (χ3v) is 3.59. The third kappa shape index (κ3) is 4.09. The molecule has 2 aromatic rings. The Morgan fingerprint density at radius 3 is 2.57 bits per heavy atom. The van der Waals surface area contributed by atoms with E-state index in [1.165, 1.54) is 5.56 Å². The molecule has 0 aliphatic rings. The molecule has 0 bridgehead atoms. The van der Waals surface area contributed by atoms with Gasteiger partial charge < -0.3 is 10.6 Å². The zero-order chi connectivity index (χ0) is 15.2. The molecule has 2 N–H and O–H groups in total.